The third-order valence-corrected chi connectivity index (χ3v) is 1.96. The molecule has 0 amide bonds. The molecule has 0 fully saturated rings. The van der Waals surface area contributed by atoms with Crippen molar-refractivity contribution in [3.8, 4) is 5.88 Å². The SMILES string of the molecule is COc1nc(SC)ncc1CN. The van der Waals surface area contributed by atoms with E-state index in [1.165, 1.54) is 11.8 Å². The average molecular weight is 185 g/mol. The van der Waals surface area contributed by atoms with Gasteiger partial charge in [0.25, 0.3) is 0 Å². The number of thioether (sulfide) groups is 1. The van der Waals surface area contributed by atoms with E-state index in [4.69, 9.17) is 10.5 Å². The summed E-state index contributed by atoms with van der Waals surface area (Å²) in [5.41, 5.74) is 6.28. The Kier molecular flexibility index (Phi) is 3.31. The predicted molar refractivity (Wildman–Crippen MR) is 48.3 cm³/mol. The van der Waals surface area contributed by atoms with Gasteiger partial charge in [0.2, 0.25) is 5.88 Å². The molecule has 1 rings (SSSR count). The molecule has 0 bridgehead atoms. The van der Waals surface area contributed by atoms with E-state index in [2.05, 4.69) is 9.97 Å². The minimum absolute atomic E-state index is 0.401. The Morgan fingerprint density at radius 1 is 1.67 bits per heavy atom. The van der Waals surface area contributed by atoms with E-state index in [0.717, 1.165) is 5.56 Å². The van der Waals surface area contributed by atoms with Crippen molar-refractivity contribution >= 4 is 11.8 Å². The molecule has 0 spiro atoms. The summed E-state index contributed by atoms with van der Waals surface area (Å²) in [7, 11) is 1.58. The van der Waals surface area contributed by atoms with Gasteiger partial charge >= 0.3 is 0 Å². The van der Waals surface area contributed by atoms with Crippen LogP contribution in [0.5, 0.6) is 5.88 Å². The fraction of sp³-hybridized carbons (Fsp3) is 0.429. The number of nitrogens with two attached hydrogens (primary N) is 1. The molecule has 0 aliphatic rings. The van der Waals surface area contributed by atoms with Crippen LogP contribution in [0.1, 0.15) is 5.56 Å². The molecule has 2 N–H and O–H groups in total. The van der Waals surface area contributed by atoms with E-state index >= 15 is 0 Å². The maximum Gasteiger partial charge on any atom is 0.221 e. The van der Waals surface area contributed by atoms with Crippen molar-refractivity contribution in [1.29, 1.82) is 0 Å². The number of aromatic nitrogens is 2. The number of hydrogen-bond donors (Lipinski definition) is 1. The number of rotatable bonds is 3. The highest BCUT2D eigenvalue weighted by Gasteiger charge is 2.04. The molecule has 4 nitrogen and oxygen atoms in total. The summed E-state index contributed by atoms with van der Waals surface area (Å²) in [5, 5.41) is 0.698. The quantitative estimate of drug-likeness (QED) is 0.554. The van der Waals surface area contributed by atoms with Crippen LogP contribution in [0.2, 0.25) is 0 Å². The van der Waals surface area contributed by atoms with E-state index in [1.807, 2.05) is 6.26 Å². The van der Waals surface area contributed by atoms with Crippen molar-refractivity contribution in [2.75, 3.05) is 13.4 Å². The van der Waals surface area contributed by atoms with Gasteiger partial charge in [0.1, 0.15) is 0 Å². The first-order valence-electron chi connectivity index (χ1n) is 3.45. The molecule has 1 aromatic heterocycles. The molecule has 0 aliphatic carbocycles. The van der Waals surface area contributed by atoms with Crippen LogP contribution >= 0.6 is 11.8 Å². The van der Waals surface area contributed by atoms with Gasteiger partial charge in [0, 0.05) is 18.3 Å². The molecule has 12 heavy (non-hydrogen) atoms. The van der Waals surface area contributed by atoms with E-state index in [9.17, 15) is 0 Å². The first-order chi connectivity index (χ1) is 5.81. The lowest BCUT2D eigenvalue weighted by Gasteiger charge is -2.04. The lowest BCUT2D eigenvalue weighted by Crippen LogP contribution is -2.03. The second kappa shape index (κ2) is 4.27. The zero-order chi connectivity index (χ0) is 8.97. The summed E-state index contributed by atoms with van der Waals surface area (Å²) in [4.78, 5) is 8.20. The molecular formula is C7H11N3OS. The summed E-state index contributed by atoms with van der Waals surface area (Å²) < 4.78 is 5.03. The first kappa shape index (κ1) is 9.28. The summed E-state index contributed by atoms with van der Waals surface area (Å²) in [6.45, 7) is 0.401. The van der Waals surface area contributed by atoms with Crippen LogP contribution in [-0.4, -0.2) is 23.3 Å². The van der Waals surface area contributed by atoms with Crippen molar-refractivity contribution in [3.63, 3.8) is 0 Å². The molecular weight excluding hydrogens is 174 g/mol. The highest BCUT2D eigenvalue weighted by atomic mass is 32.2. The maximum atomic E-state index is 5.45. The zero-order valence-electron chi connectivity index (χ0n) is 7.07. The van der Waals surface area contributed by atoms with Gasteiger partial charge in [-0.3, -0.25) is 0 Å². The highest BCUT2D eigenvalue weighted by Crippen LogP contribution is 2.17. The lowest BCUT2D eigenvalue weighted by atomic mass is 10.3. The smallest absolute Gasteiger partial charge is 0.221 e. The van der Waals surface area contributed by atoms with Gasteiger partial charge in [-0.25, -0.2) is 4.98 Å². The number of ether oxygens (including phenoxy) is 1. The fourth-order valence-corrected chi connectivity index (χ4v) is 1.12. The molecule has 0 aliphatic heterocycles. The Balaban J connectivity index is 3.02. The Bertz CT molecular complexity index is 267. The summed E-state index contributed by atoms with van der Waals surface area (Å²) in [6.07, 6.45) is 3.61. The standard InChI is InChI=1S/C7H11N3OS/c1-11-6-5(3-8)4-9-7(10-6)12-2/h4H,3,8H2,1-2H3. The van der Waals surface area contributed by atoms with Gasteiger partial charge in [0.05, 0.1) is 7.11 Å². The topological polar surface area (TPSA) is 61.0 Å². The van der Waals surface area contributed by atoms with Crippen LogP contribution in [0, 0.1) is 0 Å². The molecule has 0 unspecified atom stereocenters. The van der Waals surface area contributed by atoms with Gasteiger partial charge in [-0.05, 0) is 6.26 Å². The summed E-state index contributed by atoms with van der Waals surface area (Å²) in [5.74, 6) is 0.567. The van der Waals surface area contributed by atoms with Crippen molar-refractivity contribution in [3.05, 3.63) is 11.8 Å². The number of nitrogens with zero attached hydrogens (tertiary/aromatic N) is 2. The fourth-order valence-electron chi connectivity index (χ4n) is 0.791. The van der Waals surface area contributed by atoms with Crippen molar-refractivity contribution in [1.82, 2.24) is 9.97 Å². The van der Waals surface area contributed by atoms with Gasteiger partial charge in [0.15, 0.2) is 5.16 Å². The third-order valence-electron chi connectivity index (χ3n) is 1.40. The second-order valence-corrected chi connectivity index (χ2v) is 2.87. The Morgan fingerprint density at radius 3 is 2.92 bits per heavy atom. The van der Waals surface area contributed by atoms with Gasteiger partial charge in [-0.2, -0.15) is 4.98 Å². The lowest BCUT2D eigenvalue weighted by molar-refractivity contribution is 0.386. The first-order valence-corrected chi connectivity index (χ1v) is 4.68. The predicted octanol–water partition coefficient (Wildman–Crippen LogP) is 0.666. The molecule has 0 saturated heterocycles. The molecule has 0 aromatic carbocycles. The minimum Gasteiger partial charge on any atom is -0.481 e. The van der Waals surface area contributed by atoms with Gasteiger partial charge in [-0.1, -0.05) is 11.8 Å². The van der Waals surface area contributed by atoms with E-state index < -0.39 is 0 Å². The molecule has 1 heterocycles. The second-order valence-electron chi connectivity index (χ2n) is 2.10. The zero-order valence-corrected chi connectivity index (χ0v) is 7.89. The largest absolute Gasteiger partial charge is 0.481 e. The van der Waals surface area contributed by atoms with Crippen LogP contribution in [-0.2, 0) is 6.54 Å². The summed E-state index contributed by atoms with van der Waals surface area (Å²) in [6, 6.07) is 0. The normalized spacial score (nSPS) is 9.92. The number of hydrogen-bond acceptors (Lipinski definition) is 5. The van der Waals surface area contributed by atoms with E-state index in [-0.39, 0.29) is 0 Å². The molecule has 0 saturated carbocycles. The monoisotopic (exact) mass is 185 g/mol. The molecule has 66 valence electrons. The number of methoxy groups -OCH3 is 1. The van der Waals surface area contributed by atoms with E-state index in [0.29, 0.717) is 17.6 Å². The molecule has 5 heteroatoms. The van der Waals surface area contributed by atoms with Crippen molar-refractivity contribution < 1.29 is 4.74 Å². The molecule has 0 atom stereocenters. The highest BCUT2D eigenvalue weighted by molar-refractivity contribution is 7.98. The average Bonchev–Trinajstić information content (AvgIpc) is 2.16. The molecule has 1 aromatic rings. The molecule has 0 radical (unpaired) electrons. The van der Waals surface area contributed by atoms with Crippen molar-refractivity contribution in [2.24, 2.45) is 5.73 Å². The van der Waals surface area contributed by atoms with Crippen LogP contribution in [0.25, 0.3) is 0 Å². The van der Waals surface area contributed by atoms with Crippen LogP contribution in [0.15, 0.2) is 11.4 Å². The third kappa shape index (κ3) is 1.86. The van der Waals surface area contributed by atoms with Crippen molar-refractivity contribution in [2.45, 2.75) is 11.7 Å². The van der Waals surface area contributed by atoms with E-state index in [1.54, 1.807) is 13.3 Å². The van der Waals surface area contributed by atoms with Gasteiger partial charge < -0.3 is 10.5 Å². The van der Waals surface area contributed by atoms with Crippen LogP contribution in [0.3, 0.4) is 0 Å². The Hall–Kier alpha value is -0.810. The Labute approximate surface area is 75.5 Å². The van der Waals surface area contributed by atoms with Gasteiger partial charge in [-0.15, -0.1) is 0 Å². The van der Waals surface area contributed by atoms with Crippen LogP contribution in [0.4, 0.5) is 0 Å². The minimum atomic E-state index is 0.401. The maximum absolute atomic E-state index is 5.45. The Morgan fingerprint density at radius 2 is 2.42 bits per heavy atom. The van der Waals surface area contributed by atoms with Crippen LogP contribution < -0.4 is 10.5 Å². The summed E-state index contributed by atoms with van der Waals surface area (Å²) >= 11 is 1.47.